The van der Waals surface area contributed by atoms with Crippen LogP contribution in [-0.4, -0.2) is 11.0 Å². The lowest BCUT2D eigenvalue weighted by molar-refractivity contribution is 0.251. The maximum absolute atomic E-state index is 11.7. The molecule has 0 aliphatic heterocycles. The Morgan fingerprint density at radius 2 is 2.00 bits per heavy atom. The first-order chi connectivity index (χ1) is 9.78. The van der Waals surface area contributed by atoms with Crippen molar-refractivity contribution in [3.05, 3.63) is 59.9 Å². The molecule has 1 aromatic carbocycles. The maximum atomic E-state index is 11.7. The highest BCUT2D eigenvalue weighted by Gasteiger charge is 2.01. The maximum Gasteiger partial charge on any atom is 0.319 e. The van der Waals surface area contributed by atoms with E-state index in [0.717, 1.165) is 11.1 Å². The molecule has 0 aliphatic carbocycles. The molecule has 0 saturated carbocycles. The van der Waals surface area contributed by atoms with Crippen LogP contribution in [0.15, 0.2) is 48.8 Å². The van der Waals surface area contributed by atoms with E-state index in [0.29, 0.717) is 18.7 Å². The molecule has 1 heterocycles. The van der Waals surface area contributed by atoms with Crippen molar-refractivity contribution in [2.75, 3.05) is 5.32 Å². The van der Waals surface area contributed by atoms with Crippen LogP contribution in [0, 0.1) is 11.3 Å². The van der Waals surface area contributed by atoms with E-state index in [4.69, 9.17) is 5.26 Å². The van der Waals surface area contributed by atoms with E-state index < -0.39 is 0 Å². The van der Waals surface area contributed by atoms with Gasteiger partial charge in [-0.25, -0.2) is 4.79 Å². The Kier molecular flexibility index (Phi) is 4.68. The first kappa shape index (κ1) is 13.6. The van der Waals surface area contributed by atoms with E-state index in [9.17, 15) is 4.79 Å². The summed E-state index contributed by atoms with van der Waals surface area (Å²) in [7, 11) is 0. The largest absolute Gasteiger partial charge is 0.334 e. The number of benzene rings is 1. The predicted octanol–water partition coefficient (Wildman–Crippen LogP) is 2.47. The fraction of sp³-hybridized carbons (Fsp3) is 0.133. The summed E-state index contributed by atoms with van der Waals surface area (Å²) in [5, 5.41) is 14.1. The van der Waals surface area contributed by atoms with Gasteiger partial charge in [0.2, 0.25) is 0 Å². The number of hydrogen-bond donors (Lipinski definition) is 2. The minimum absolute atomic E-state index is 0.276. The van der Waals surface area contributed by atoms with Gasteiger partial charge in [0.15, 0.2) is 0 Å². The minimum Gasteiger partial charge on any atom is -0.334 e. The first-order valence-electron chi connectivity index (χ1n) is 6.17. The van der Waals surface area contributed by atoms with Crippen LogP contribution in [0.5, 0.6) is 0 Å². The molecule has 100 valence electrons. The predicted molar refractivity (Wildman–Crippen MR) is 75.9 cm³/mol. The van der Waals surface area contributed by atoms with Crippen molar-refractivity contribution >= 4 is 11.7 Å². The van der Waals surface area contributed by atoms with Crippen LogP contribution in [0.4, 0.5) is 10.5 Å². The molecular formula is C15H14N4O. The summed E-state index contributed by atoms with van der Waals surface area (Å²) < 4.78 is 0. The summed E-state index contributed by atoms with van der Waals surface area (Å²) in [6.45, 7) is 0.423. The molecule has 1 aromatic heterocycles. The summed E-state index contributed by atoms with van der Waals surface area (Å²) in [4.78, 5) is 15.7. The SMILES string of the molecule is N#CCc1ccc(NC(=O)NCc2cccnc2)cc1. The quantitative estimate of drug-likeness (QED) is 0.892. The highest BCUT2D eigenvalue weighted by Crippen LogP contribution is 2.09. The summed E-state index contributed by atoms with van der Waals surface area (Å²) in [6.07, 6.45) is 3.76. The van der Waals surface area contributed by atoms with E-state index in [-0.39, 0.29) is 6.03 Å². The van der Waals surface area contributed by atoms with Gasteiger partial charge in [-0.15, -0.1) is 0 Å². The molecule has 20 heavy (non-hydrogen) atoms. The Balaban J connectivity index is 1.84. The van der Waals surface area contributed by atoms with Crippen LogP contribution in [0.25, 0.3) is 0 Å². The molecule has 2 rings (SSSR count). The number of anilines is 1. The van der Waals surface area contributed by atoms with Crippen molar-refractivity contribution in [2.45, 2.75) is 13.0 Å². The smallest absolute Gasteiger partial charge is 0.319 e. The van der Waals surface area contributed by atoms with E-state index in [2.05, 4.69) is 21.7 Å². The lowest BCUT2D eigenvalue weighted by Crippen LogP contribution is -2.28. The zero-order chi connectivity index (χ0) is 14.2. The zero-order valence-electron chi connectivity index (χ0n) is 10.8. The van der Waals surface area contributed by atoms with Crippen LogP contribution in [0.2, 0.25) is 0 Å². The molecule has 5 nitrogen and oxygen atoms in total. The number of rotatable bonds is 4. The van der Waals surface area contributed by atoms with Crippen LogP contribution in [0.1, 0.15) is 11.1 Å². The molecule has 0 fully saturated rings. The first-order valence-corrected chi connectivity index (χ1v) is 6.17. The molecule has 2 amide bonds. The number of nitrogens with zero attached hydrogens (tertiary/aromatic N) is 2. The van der Waals surface area contributed by atoms with E-state index >= 15 is 0 Å². The number of carbonyl (C=O) groups excluding carboxylic acids is 1. The second-order valence-corrected chi connectivity index (χ2v) is 4.20. The van der Waals surface area contributed by atoms with Crippen molar-refractivity contribution in [3.8, 4) is 6.07 Å². The number of urea groups is 1. The molecule has 0 spiro atoms. The normalized spacial score (nSPS) is 9.55. The Morgan fingerprint density at radius 3 is 2.65 bits per heavy atom. The molecule has 0 saturated heterocycles. The van der Waals surface area contributed by atoms with Gasteiger partial charge in [-0.1, -0.05) is 18.2 Å². The monoisotopic (exact) mass is 266 g/mol. The Morgan fingerprint density at radius 1 is 1.20 bits per heavy atom. The van der Waals surface area contributed by atoms with Crippen molar-refractivity contribution < 1.29 is 4.79 Å². The third-order valence-corrected chi connectivity index (χ3v) is 2.67. The lowest BCUT2D eigenvalue weighted by atomic mass is 10.1. The van der Waals surface area contributed by atoms with Crippen LogP contribution >= 0.6 is 0 Å². The number of nitrogens with one attached hydrogen (secondary N) is 2. The standard InChI is InChI=1S/C15H14N4O/c16-8-7-12-3-5-14(6-4-12)19-15(20)18-11-13-2-1-9-17-10-13/h1-6,9-10H,7,11H2,(H2,18,19,20). The number of nitriles is 1. The van der Waals surface area contributed by atoms with Gasteiger partial charge in [0.1, 0.15) is 0 Å². The van der Waals surface area contributed by atoms with Gasteiger partial charge in [-0.2, -0.15) is 5.26 Å². The molecule has 0 radical (unpaired) electrons. The van der Waals surface area contributed by atoms with Crippen LogP contribution in [0.3, 0.4) is 0 Å². The molecule has 0 unspecified atom stereocenters. The van der Waals surface area contributed by atoms with Crippen LogP contribution < -0.4 is 10.6 Å². The van der Waals surface area contributed by atoms with E-state index in [1.165, 1.54) is 0 Å². The number of hydrogen-bond acceptors (Lipinski definition) is 3. The second kappa shape index (κ2) is 6.90. The second-order valence-electron chi connectivity index (χ2n) is 4.20. The summed E-state index contributed by atoms with van der Waals surface area (Å²) in [6, 6.07) is 12.7. The van der Waals surface area contributed by atoms with Gasteiger partial charge < -0.3 is 10.6 Å². The lowest BCUT2D eigenvalue weighted by Gasteiger charge is -2.07. The molecule has 0 aliphatic rings. The van der Waals surface area contributed by atoms with Gasteiger partial charge in [-0.05, 0) is 29.3 Å². The fourth-order valence-electron chi connectivity index (χ4n) is 1.66. The zero-order valence-corrected chi connectivity index (χ0v) is 10.8. The molecule has 2 N–H and O–H groups in total. The molecule has 0 bridgehead atoms. The fourth-order valence-corrected chi connectivity index (χ4v) is 1.66. The van der Waals surface area contributed by atoms with Gasteiger partial charge >= 0.3 is 6.03 Å². The Hall–Kier alpha value is -2.87. The Bertz CT molecular complexity index is 602. The van der Waals surface area contributed by atoms with Crippen molar-refractivity contribution in [1.29, 1.82) is 5.26 Å². The van der Waals surface area contributed by atoms with Gasteiger partial charge in [0.05, 0.1) is 12.5 Å². The van der Waals surface area contributed by atoms with E-state index in [1.807, 2.05) is 24.3 Å². The van der Waals surface area contributed by atoms with Crippen molar-refractivity contribution in [2.24, 2.45) is 0 Å². The molecule has 2 aromatic rings. The molecule has 0 atom stereocenters. The third kappa shape index (κ3) is 4.10. The number of amides is 2. The van der Waals surface area contributed by atoms with Gasteiger partial charge in [-0.3, -0.25) is 4.98 Å². The summed E-state index contributed by atoms with van der Waals surface area (Å²) >= 11 is 0. The Labute approximate surface area is 117 Å². The highest BCUT2D eigenvalue weighted by atomic mass is 16.2. The van der Waals surface area contributed by atoms with E-state index in [1.54, 1.807) is 24.5 Å². The van der Waals surface area contributed by atoms with Gasteiger partial charge in [0.25, 0.3) is 0 Å². The van der Waals surface area contributed by atoms with Crippen molar-refractivity contribution in [1.82, 2.24) is 10.3 Å². The molecule has 5 heteroatoms. The number of carbonyl (C=O) groups is 1. The topological polar surface area (TPSA) is 77.8 Å². The highest BCUT2D eigenvalue weighted by molar-refractivity contribution is 5.89. The third-order valence-electron chi connectivity index (χ3n) is 2.67. The number of aromatic nitrogens is 1. The average Bonchev–Trinajstić information content (AvgIpc) is 2.49. The summed E-state index contributed by atoms with van der Waals surface area (Å²) in [5.41, 5.74) is 2.55. The van der Waals surface area contributed by atoms with Crippen LogP contribution in [-0.2, 0) is 13.0 Å². The van der Waals surface area contributed by atoms with Gasteiger partial charge in [0, 0.05) is 24.6 Å². The minimum atomic E-state index is -0.276. The number of pyridine rings is 1. The van der Waals surface area contributed by atoms with Crippen molar-refractivity contribution in [3.63, 3.8) is 0 Å². The average molecular weight is 266 g/mol. The molecular weight excluding hydrogens is 252 g/mol. The summed E-state index contributed by atoms with van der Waals surface area (Å²) in [5.74, 6) is 0.